The molecule has 1 heterocycles. The zero-order valence-electron chi connectivity index (χ0n) is 12.1. The van der Waals surface area contributed by atoms with Gasteiger partial charge in [-0.15, -0.1) is 10.2 Å². The van der Waals surface area contributed by atoms with Crippen molar-refractivity contribution in [2.75, 3.05) is 7.11 Å². The van der Waals surface area contributed by atoms with Crippen molar-refractivity contribution < 1.29 is 13.9 Å². The first-order valence-electron chi connectivity index (χ1n) is 6.70. The van der Waals surface area contributed by atoms with Crippen LogP contribution in [-0.2, 0) is 6.61 Å². The van der Waals surface area contributed by atoms with Crippen molar-refractivity contribution in [1.82, 2.24) is 10.2 Å². The lowest BCUT2D eigenvalue weighted by atomic mass is 10.2. The zero-order valence-corrected chi connectivity index (χ0v) is 13.6. The number of rotatable bonds is 5. The van der Waals surface area contributed by atoms with Crippen LogP contribution in [0.1, 0.15) is 5.89 Å². The first kappa shape index (κ1) is 15.6. The standard InChI is InChI=1S/C16H12Cl2N2O3/c1-21-11-4-2-3-10(7-11)16-20-19-15(23-16)9-22-12-5-6-13(17)14(18)8-12/h2-8H,9H2,1H3. The van der Waals surface area contributed by atoms with E-state index in [2.05, 4.69) is 10.2 Å². The van der Waals surface area contributed by atoms with Crippen LogP contribution in [-0.4, -0.2) is 17.3 Å². The fourth-order valence-corrected chi connectivity index (χ4v) is 2.18. The third-order valence-corrected chi connectivity index (χ3v) is 3.78. The molecule has 3 rings (SSSR count). The third kappa shape index (κ3) is 3.75. The number of ether oxygens (including phenoxy) is 2. The number of nitrogens with zero attached hydrogens (tertiary/aromatic N) is 2. The molecule has 0 radical (unpaired) electrons. The van der Waals surface area contributed by atoms with Crippen molar-refractivity contribution in [1.29, 1.82) is 0 Å². The van der Waals surface area contributed by atoms with Gasteiger partial charge in [0, 0.05) is 11.6 Å². The van der Waals surface area contributed by atoms with Crippen LogP contribution in [0, 0.1) is 0 Å². The molecule has 7 heteroatoms. The molecule has 0 saturated heterocycles. The first-order valence-corrected chi connectivity index (χ1v) is 7.46. The monoisotopic (exact) mass is 350 g/mol. The summed E-state index contributed by atoms with van der Waals surface area (Å²) in [5.41, 5.74) is 0.776. The fourth-order valence-electron chi connectivity index (χ4n) is 1.90. The van der Waals surface area contributed by atoms with Crippen molar-refractivity contribution in [3.63, 3.8) is 0 Å². The smallest absolute Gasteiger partial charge is 0.254 e. The van der Waals surface area contributed by atoms with Crippen LogP contribution in [0.15, 0.2) is 46.9 Å². The highest BCUT2D eigenvalue weighted by Crippen LogP contribution is 2.27. The summed E-state index contributed by atoms with van der Waals surface area (Å²) in [5.74, 6) is 2.04. The Labute approximate surface area is 142 Å². The predicted octanol–water partition coefficient (Wildman–Crippen LogP) is 4.63. The molecule has 3 aromatic rings. The number of methoxy groups -OCH3 is 1. The second-order valence-electron chi connectivity index (χ2n) is 4.60. The van der Waals surface area contributed by atoms with Gasteiger partial charge in [-0.05, 0) is 30.3 Å². The predicted molar refractivity (Wildman–Crippen MR) is 87.1 cm³/mol. The van der Waals surface area contributed by atoms with Gasteiger partial charge in [-0.3, -0.25) is 0 Å². The van der Waals surface area contributed by atoms with Gasteiger partial charge in [0.15, 0.2) is 6.61 Å². The zero-order chi connectivity index (χ0) is 16.2. The van der Waals surface area contributed by atoms with Crippen molar-refractivity contribution in [3.05, 3.63) is 58.4 Å². The van der Waals surface area contributed by atoms with E-state index in [1.54, 1.807) is 25.3 Å². The summed E-state index contributed by atoms with van der Waals surface area (Å²) in [6.07, 6.45) is 0. The van der Waals surface area contributed by atoms with Crippen LogP contribution in [0.2, 0.25) is 10.0 Å². The van der Waals surface area contributed by atoms with Crippen LogP contribution in [0.4, 0.5) is 0 Å². The van der Waals surface area contributed by atoms with Gasteiger partial charge in [0.1, 0.15) is 11.5 Å². The fraction of sp³-hybridized carbons (Fsp3) is 0.125. The van der Waals surface area contributed by atoms with Crippen molar-refractivity contribution >= 4 is 23.2 Å². The molecule has 0 bridgehead atoms. The molecule has 0 amide bonds. The van der Waals surface area contributed by atoms with Crippen LogP contribution in [0.25, 0.3) is 11.5 Å². The number of hydrogen-bond acceptors (Lipinski definition) is 5. The van der Waals surface area contributed by atoms with Crippen LogP contribution >= 0.6 is 23.2 Å². The van der Waals surface area contributed by atoms with E-state index < -0.39 is 0 Å². The molecule has 0 aliphatic rings. The Kier molecular flexibility index (Phi) is 4.69. The van der Waals surface area contributed by atoms with Gasteiger partial charge in [0.05, 0.1) is 17.2 Å². The number of halogens is 2. The van der Waals surface area contributed by atoms with Gasteiger partial charge in [-0.1, -0.05) is 29.3 Å². The number of benzene rings is 2. The second-order valence-corrected chi connectivity index (χ2v) is 5.41. The molecule has 0 aliphatic carbocycles. The maximum absolute atomic E-state index is 5.93. The Morgan fingerprint density at radius 2 is 1.87 bits per heavy atom. The van der Waals surface area contributed by atoms with Crippen LogP contribution < -0.4 is 9.47 Å². The average Bonchev–Trinajstić information content (AvgIpc) is 3.05. The van der Waals surface area contributed by atoms with E-state index in [9.17, 15) is 0 Å². The molecule has 0 N–H and O–H groups in total. The van der Waals surface area contributed by atoms with Gasteiger partial charge >= 0.3 is 0 Å². The Morgan fingerprint density at radius 3 is 2.65 bits per heavy atom. The first-order chi connectivity index (χ1) is 11.2. The summed E-state index contributed by atoms with van der Waals surface area (Å²) in [4.78, 5) is 0. The highest BCUT2D eigenvalue weighted by molar-refractivity contribution is 6.42. The van der Waals surface area contributed by atoms with Crippen molar-refractivity contribution in [2.45, 2.75) is 6.61 Å². The van der Waals surface area contributed by atoms with E-state index in [0.29, 0.717) is 33.3 Å². The molecule has 0 fully saturated rings. The van der Waals surface area contributed by atoms with Crippen LogP contribution in [0.3, 0.4) is 0 Å². The number of aromatic nitrogens is 2. The van der Waals surface area contributed by atoms with E-state index in [-0.39, 0.29) is 6.61 Å². The Bertz CT molecular complexity index is 821. The van der Waals surface area contributed by atoms with Crippen molar-refractivity contribution in [3.8, 4) is 23.0 Å². The average molecular weight is 351 g/mol. The maximum Gasteiger partial charge on any atom is 0.254 e. The minimum absolute atomic E-state index is 0.134. The van der Waals surface area contributed by atoms with Crippen molar-refractivity contribution in [2.24, 2.45) is 0 Å². The molecule has 0 aliphatic heterocycles. The van der Waals surface area contributed by atoms with E-state index in [1.807, 2.05) is 24.3 Å². The Hall–Kier alpha value is -2.24. The largest absolute Gasteiger partial charge is 0.497 e. The minimum Gasteiger partial charge on any atom is -0.497 e. The summed E-state index contributed by atoms with van der Waals surface area (Å²) in [5, 5.41) is 8.86. The summed E-state index contributed by atoms with van der Waals surface area (Å²) < 4.78 is 16.3. The summed E-state index contributed by atoms with van der Waals surface area (Å²) >= 11 is 11.8. The highest BCUT2D eigenvalue weighted by atomic mass is 35.5. The van der Waals surface area contributed by atoms with Gasteiger partial charge in [0.25, 0.3) is 5.89 Å². The maximum atomic E-state index is 5.93. The topological polar surface area (TPSA) is 57.4 Å². The molecule has 0 atom stereocenters. The molecule has 5 nitrogen and oxygen atoms in total. The molecule has 23 heavy (non-hydrogen) atoms. The molecular weight excluding hydrogens is 339 g/mol. The highest BCUT2D eigenvalue weighted by Gasteiger charge is 2.10. The summed E-state index contributed by atoms with van der Waals surface area (Å²) in [6, 6.07) is 12.4. The molecule has 0 unspecified atom stereocenters. The van der Waals surface area contributed by atoms with E-state index >= 15 is 0 Å². The lowest BCUT2D eigenvalue weighted by Gasteiger charge is -2.04. The second kappa shape index (κ2) is 6.89. The molecule has 0 spiro atoms. The molecule has 0 saturated carbocycles. The molecule has 1 aromatic heterocycles. The van der Waals surface area contributed by atoms with Gasteiger partial charge in [-0.25, -0.2) is 0 Å². The van der Waals surface area contributed by atoms with E-state index in [0.717, 1.165) is 5.56 Å². The molecule has 2 aromatic carbocycles. The third-order valence-electron chi connectivity index (χ3n) is 3.04. The van der Waals surface area contributed by atoms with Crippen LogP contribution in [0.5, 0.6) is 11.5 Å². The normalized spacial score (nSPS) is 10.6. The summed E-state index contributed by atoms with van der Waals surface area (Å²) in [6.45, 7) is 0.134. The Morgan fingerprint density at radius 1 is 1.00 bits per heavy atom. The van der Waals surface area contributed by atoms with E-state index in [4.69, 9.17) is 37.1 Å². The SMILES string of the molecule is COc1cccc(-c2nnc(COc3ccc(Cl)c(Cl)c3)o2)c1. The lowest BCUT2D eigenvalue weighted by Crippen LogP contribution is -1.95. The van der Waals surface area contributed by atoms with Gasteiger partial charge in [0.2, 0.25) is 5.89 Å². The quantitative estimate of drug-likeness (QED) is 0.671. The molecular formula is C16H12Cl2N2O3. The minimum atomic E-state index is 0.134. The number of hydrogen-bond donors (Lipinski definition) is 0. The summed E-state index contributed by atoms with van der Waals surface area (Å²) in [7, 11) is 1.60. The van der Waals surface area contributed by atoms with E-state index in [1.165, 1.54) is 0 Å². The van der Waals surface area contributed by atoms with Gasteiger partial charge < -0.3 is 13.9 Å². The lowest BCUT2D eigenvalue weighted by molar-refractivity contribution is 0.264. The molecule has 118 valence electrons. The Balaban J connectivity index is 1.70. The van der Waals surface area contributed by atoms with Gasteiger partial charge in [-0.2, -0.15) is 0 Å².